The van der Waals surface area contributed by atoms with Gasteiger partial charge in [-0.25, -0.2) is 4.79 Å². The molecule has 0 atom stereocenters. The predicted octanol–water partition coefficient (Wildman–Crippen LogP) is 2.14. The molecule has 4 nitrogen and oxygen atoms in total. The second-order valence-electron chi connectivity index (χ2n) is 2.95. The third-order valence-electron chi connectivity index (χ3n) is 1.85. The Hall–Kier alpha value is -1.62. The Morgan fingerprint density at radius 3 is 3.00 bits per heavy atom. The lowest BCUT2D eigenvalue weighted by Gasteiger charge is -1.93. The molecule has 0 aliphatic heterocycles. The second-order valence-corrected chi connectivity index (χ2v) is 3.86. The summed E-state index contributed by atoms with van der Waals surface area (Å²) >= 11 is 1.50. The molecule has 0 aliphatic rings. The van der Waals surface area contributed by atoms with Crippen molar-refractivity contribution in [1.29, 1.82) is 0 Å². The fourth-order valence-corrected chi connectivity index (χ4v) is 2.11. The molecule has 2 rings (SSSR count). The van der Waals surface area contributed by atoms with E-state index >= 15 is 0 Å². The van der Waals surface area contributed by atoms with E-state index in [0.717, 1.165) is 10.4 Å². The van der Waals surface area contributed by atoms with Crippen LogP contribution in [0.2, 0.25) is 0 Å². The molecule has 0 spiro atoms. The van der Waals surface area contributed by atoms with Crippen LogP contribution in [-0.2, 0) is 0 Å². The smallest absolute Gasteiger partial charge is 0.339 e. The molecule has 2 heterocycles. The molecule has 2 aromatic rings. The molecule has 0 amide bonds. The Kier molecular flexibility index (Phi) is 2.09. The maximum Gasteiger partial charge on any atom is 0.339 e. The number of carbonyl (C=O) groups is 1. The Labute approximate surface area is 84.2 Å². The number of H-pyrrole nitrogens is 1. The average Bonchev–Trinajstić information content (AvgIpc) is 2.70. The molecule has 0 radical (unpaired) electrons. The highest BCUT2D eigenvalue weighted by Gasteiger charge is 2.14. The van der Waals surface area contributed by atoms with Crippen LogP contribution in [0.5, 0.6) is 0 Å². The predicted molar refractivity (Wildman–Crippen MR) is 53.6 cm³/mol. The number of hydrogen-bond acceptors (Lipinski definition) is 3. The minimum Gasteiger partial charge on any atom is -0.478 e. The number of rotatable bonds is 2. The molecule has 0 bridgehead atoms. The van der Waals surface area contributed by atoms with Gasteiger partial charge in [0.15, 0.2) is 0 Å². The van der Waals surface area contributed by atoms with Crippen molar-refractivity contribution in [3.05, 3.63) is 28.8 Å². The summed E-state index contributed by atoms with van der Waals surface area (Å²) in [6.45, 7) is 1.97. The van der Waals surface area contributed by atoms with Crippen LogP contribution >= 0.6 is 11.3 Å². The first-order valence-corrected chi connectivity index (χ1v) is 4.88. The summed E-state index contributed by atoms with van der Waals surface area (Å²) in [6, 6.07) is 1.94. The lowest BCUT2D eigenvalue weighted by molar-refractivity contribution is 0.0698. The van der Waals surface area contributed by atoms with Crippen molar-refractivity contribution in [2.24, 2.45) is 0 Å². The Morgan fingerprint density at radius 2 is 2.43 bits per heavy atom. The molecule has 0 saturated heterocycles. The number of carboxylic acid groups (broad SMARTS) is 1. The van der Waals surface area contributed by atoms with Crippen molar-refractivity contribution < 1.29 is 9.90 Å². The average molecular weight is 208 g/mol. The van der Waals surface area contributed by atoms with Crippen LogP contribution in [0.25, 0.3) is 10.6 Å². The molecule has 0 fully saturated rings. The third-order valence-corrected chi connectivity index (χ3v) is 2.91. The van der Waals surface area contributed by atoms with Crippen molar-refractivity contribution in [1.82, 2.24) is 10.2 Å². The molecule has 0 aliphatic carbocycles. The van der Waals surface area contributed by atoms with Gasteiger partial charge >= 0.3 is 5.97 Å². The highest BCUT2D eigenvalue weighted by atomic mass is 32.1. The summed E-state index contributed by atoms with van der Waals surface area (Å²) in [6.07, 6.45) is 1.33. The van der Waals surface area contributed by atoms with Crippen LogP contribution in [0.1, 0.15) is 15.9 Å². The van der Waals surface area contributed by atoms with Gasteiger partial charge in [0.05, 0.1) is 16.8 Å². The zero-order valence-electron chi connectivity index (χ0n) is 7.44. The largest absolute Gasteiger partial charge is 0.478 e. The SMILES string of the molecule is Cc1csc(-c2[nH]ncc2C(=O)O)c1. The first kappa shape index (κ1) is 8.96. The van der Waals surface area contributed by atoms with Crippen LogP contribution in [-0.4, -0.2) is 21.3 Å². The molecular formula is C9H8N2O2S. The molecule has 2 N–H and O–H groups in total. The first-order valence-electron chi connectivity index (χ1n) is 4.00. The number of aromatic amines is 1. The number of aryl methyl sites for hydroxylation is 1. The minimum atomic E-state index is -0.959. The van der Waals surface area contributed by atoms with Gasteiger partial charge in [-0.15, -0.1) is 11.3 Å². The number of thiophene rings is 1. The van der Waals surface area contributed by atoms with Gasteiger partial charge in [-0.3, -0.25) is 5.10 Å². The van der Waals surface area contributed by atoms with Gasteiger partial charge in [0.25, 0.3) is 0 Å². The van der Waals surface area contributed by atoms with Crippen molar-refractivity contribution in [2.75, 3.05) is 0 Å². The fourth-order valence-electron chi connectivity index (χ4n) is 1.20. The van der Waals surface area contributed by atoms with Crippen LogP contribution in [0.15, 0.2) is 17.6 Å². The van der Waals surface area contributed by atoms with Crippen LogP contribution in [0, 0.1) is 6.92 Å². The molecule has 0 unspecified atom stereocenters. The first-order chi connectivity index (χ1) is 6.68. The Bertz CT molecular complexity index is 473. The van der Waals surface area contributed by atoms with Crippen molar-refractivity contribution >= 4 is 17.3 Å². The number of carboxylic acids is 1. The number of nitrogens with one attached hydrogen (secondary N) is 1. The standard InChI is InChI=1S/C9H8N2O2S/c1-5-2-7(14-4-5)8-6(9(12)13)3-10-11-8/h2-4H,1H3,(H,10,11)(H,12,13). The molecule has 5 heteroatoms. The van der Waals surface area contributed by atoms with E-state index in [9.17, 15) is 4.79 Å². The van der Waals surface area contributed by atoms with Crippen molar-refractivity contribution in [3.63, 3.8) is 0 Å². The van der Waals surface area contributed by atoms with Crippen molar-refractivity contribution in [3.8, 4) is 10.6 Å². The summed E-state index contributed by atoms with van der Waals surface area (Å²) in [5.74, 6) is -0.959. The zero-order chi connectivity index (χ0) is 10.1. The van der Waals surface area contributed by atoms with E-state index in [1.165, 1.54) is 17.5 Å². The number of aromatic carboxylic acids is 1. The number of aromatic nitrogens is 2. The fraction of sp³-hybridized carbons (Fsp3) is 0.111. The summed E-state index contributed by atoms with van der Waals surface area (Å²) < 4.78 is 0. The van der Waals surface area contributed by atoms with Gasteiger partial charge in [-0.05, 0) is 23.9 Å². The van der Waals surface area contributed by atoms with Gasteiger partial charge in [0.1, 0.15) is 5.56 Å². The minimum absolute atomic E-state index is 0.215. The summed E-state index contributed by atoms with van der Waals surface area (Å²) in [5, 5.41) is 17.3. The second kappa shape index (κ2) is 3.26. The van der Waals surface area contributed by atoms with Crippen LogP contribution in [0.3, 0.4) is 0 Å². The quantitative estimate of drug-likeness (QED) is 0.794. The topological polar surface area (TPSA) is 66.0 Å². The Balaban J connectivity index is 2.51. The van der Waals surface area contributed by atoms with Gasteiger partial charge in [-0.1, -0.05) is 0 Å². The van der Waals surface area contributed by atoms with Gasteiger partial charge in [0.2, 0.25) is 0 Å². The van der Waals surface area contributed by atoms with E-state index in [1.54, 1.807) is 0 Å². The van der Waals surface area contributed by atoms with E-state index in [-0.39, 0.29) is 5.56 Å². The summed E-state index contributed by atoms with van der Waals surface area (Å²) in [5.41, 5.74) is 1.92. The van der Waals surface area contributed by atoms with Gasteiger partial charge < -0.3 is 5.11 Å². The maximum absolute atomic E-state index is 10.8. The Morgan fingerprint density at radius 1 is 1.64 bits per heavy atom. The van der Waals surface area contributed by atoms with Crippen molar-refractivity contribution in [2.45, 2.75) is 6.92 Å². The molecule has 0 aromatic carbocycles. The lowest BCUT2D eigenvalue weighted by Crippen LogP contribution is -1.95. The van der Waals surface area contributed by atoms with Gasteiger partial charge in [0, 0.05) is 0 Å². The summed E-state index contributed by atoms with van der Waals surface area (Å²) in [4.78, 5) is 11.7. The van der Waals surface area contributed by atoms with E-state index in [4.69, 9.17) is 5.11 Å². The van der Waals surface area contributed by atoms with Crippen LogP contribution in [0.4, 0.5) is 0 Å². The normalized spacial score (nSPS) is 10.4. The summed E-state index contributed by atoms with van der Waals surface area (Å²) in [7, 11) is 0. The van der Waals surface area contributed by atoms with E-state index in [0.29, 0.717) is 5.69 Å². The van der Waals surface area contributed by atoms with Gasteiger partial charge in [-0.2, -0.15) is 5.10 Å². The van der Waals surface area contributed by atoms with E-state index in [1.807, 2.05) is 18.4 Å². The molecule has 0 saturated carbocycles. The molecular weight excluding hydrogens is 200 g/mol. The lowest BCUT2D eigenvalue weighted by atomic mass is 10.2. The zero-order valence-corrected chi connectivity index (χ0v) is 8.26. The van der Waals surface area contributed by atoms with Crippen LogP contribution < -0.4 is 0 Å². The number of hydrogen-bond donors (Lipinski definition) is 2. The third kappa shape index (κ3) is 1.42. The maximum atomic E-state index is 10.8. The molecule has 14 heavy (non-hydrogen) atoms. The highest BCUT2D eigenvalue weighted by Crippen LogP contribution is 2.27. The highest BCUT2D eigenvalue weighted by molar-refractivity contribution is 7.13. The van der Waals surface area contributed by atoms with E-state index in [2.05, 4.69) is 10.2 Å². The number of nitrogens with zero attached hydrogens (tertiary/aromatic N) is 1. The van der Waals surface area contributed by atoms with E-state index < -0.39 is 5.97 Å². The molecule has 2 aromatic heterocycles. The monoisotopic (exact) mass is 208 g/mol. The molecule has 72 valence electrons.